The number of aliphatic hydroxyl groups excluding tert-OH is 2. The van der Waals surface area contributed by atoms with Crippen LogP contribution in [0.1, 0.15) is 33.5 Å². The minimum absolute atomic E-state index is 0.0221. The summed E-state index contributed by atoms with van der Waals surface area (Å²) in [4.78, 5) is 41.0. The van der Waals surface area contributed by atoms with E-state index >= 15 is 0 Å². The molecule has 0 radical (unpaired) electrons. The Labute approximate surface area is 247 Å². The monoisotopic (exact) mass is 599 g/mol. The largest absolute Gasteiger partial charge is 0.508 e. The molecule has 0 unspecified atom stereocenters. The van der Waals surface area contributed by atoms with Gasteiger partial charge in [-0.2, -0.15) is 0 Å². The summed E-state index contributed by atoms with van der Waals surface area (Å²) in [6, 6.07) is 16.4. The lowest BCUT2D eigenvalue weighted by Crippen LogP contribution is -2.55. The van der Waals surface area contributed by atoms with Crippen molar-refractivity contribution in [2.75, 3.05) is 6.54 Å². The molecule has 3 aromatic rings. The van der Waals surface area contributed by atoms with E-state index in [-0.39, 0.29) is 37.2 Å². The van der Waals surface area contributed by atoms with Gasteiger partial charge in [0.05, 0.1) is 22.2 Å². The lowest BCUT2D eigenvalue weighted by molar-refractivity contribution is -0.146. The minimum atomic E-state index is -1.74. The maximum absolute atomic E-state index is 13.6. The Morgan fingerprint density at radius 1 is 1.02 bits per heavy atom. The van der Waals surface area contributed by atoms with Crippen LogP contribution in [0.25, 0.3) is 0 Å². The molecule has 0 bridgehead atoms. The summed E-state index contributed by atoms with van der Waals surface area (Å²) in [6.07, 6.45) is -2.63. The van der Waals surface area contributed by atoms with Gasteiger partial charge in [-0.15, -0.1) is 0 Å². The third-order valence-electron chi connectivity index (χ3n) is 7.15. The number of aliphatic hydroxyl groups is 2. The molecule has 0 spiro atoms. The maximum Gasteiger partial charge on any atom is 0.254 e. The molecule has 1 aliphatic rings. The summed E-state index contributed by atoms with van der Waals surface area (Å²) >= 11 is 12.3. The molecule has 0 aromatic heterocycles. The quantitative estimate of drug-likeness (QED) is 0.256. The fourth-order valence-corrected chi connectivity index (χ4v) is 5.25. The number of aromatic hydroxyl groups is 1. The highest BCUT2D eigenvalue weighted by Crippen LogP contribution is 2.26. The molecular formula is C30H31Cl2N3O6. The van der Waals surface area contributed by atoms with Crippen molar-refractivity contribution < 1.29 is 29.7 Å². The Bertz CT molecular complexity index is 1420. The molecule has 0 aliphatic carbocycles. The molecular weight excluding hydrogens is 569 g/mol. The maximum atomic E-state index is 13.6. The molecule has 41 heavy (non-hydrogen) atoms. The van der Waals surface area contributed by atoms with E-state index in [0.717, 1.165) is 10.5 Å². The second kappa shape index (κ2) is 13.4. The highest BCUT2D eigenvalue weighted by molar-refractivity contribution is 6.42. The number of β-amino-alcohol motifs (C(OH)–C–C–N with tert-alkyl or cyclic N) is 1. The summed E-state index contributed by atoms with van der Waals surface area (Å²) in [5, 5.41) is 37.8. The number of halogens is 2. The van der Waals surface area contributed by atoms with Gasteiger partial charge in [0, 0.05) is 30.6 Å². The van der Waals surface area contributed by atoms with Gasteiger partial charge in [0.1, 0.15) is 11.8 Å². The second-order valence-corrected chi connectivity index (χ2v) is 10.8. The minimum Gasteiger partial charge on any atom is -0.508 e. The smallest absolute Gasteiger partial charge is 0.254 e. The first-order chi connectivity index (χ1) is 19.6. The summed E-state index contributed by atoms with van der Waals surface area (Å²) in [5.74, 6) is -1.98. The van der Waals surface area contributed by atoms with Gasteiger partial charge < -0.3 is 30.9 Å². The van der Waals surface area contributed by atoms with E-state index in [1.807, 2.05) is 6.07 Å². The number of phenols is 1. The van der Waals surface area contributed by atoms with Crippen LogP contribution in [-0.4, -0.2) is 68.8 Å². The zero-order valence-electron chi connectivity index (χ0n) is 22.3. The van der Waals surface area contributed by atoms with Gasteiger partial charge in [-0.05, 0) is 42.7 Å². The number of phenolic OH excluding ortho intramolecular Hbond substituents is 1. The molecule has 5 N–H and O–H groups in total. The van der Waals surface area contributed by atoms with Gasteiger partial charge in [-0.25, -0.2) is 0 Å². The molecule has 1 aliphatic heterocycles. The number of benzene rings is 3. The predicted molar refractivity (Wildman–Crippen MR) is 155 cm³/mol. The topological polar surface area (TPSA) is 139 Å². The molecule has 216 valence electrons. The van der Waals surface area contributed by atoms with Crippen LogP contribution in [0.5, 0.6) is 5.75 Å². The Kier molecular flexibility index (Phi) is 9.88. The van der Waals surface area contributed by atoms with Gasteiger partial charge in [0.25, 0.3) is 11.8 Å². The van der Waals surface area contributed by atoms with E-state index in [4.69, 9.17) is 23.2 Å². The van der Waals surface area contributed by atoms with Gasteiger partial charge in [0.2, 0.25) is 5.91 Å². The van der Waals surface area contributed by atoms with Gasteiger partial charge >= 0.3 is 0 Å². The molecule has 1 fully saturated rings. The summed E-state index contributed by atoms with van der Waals surface area (Å²) in [5.41, 5.74) is 1.88. The van der Waals surface area contributed by atoms with Crippen LogP contribution < -0.4 is 10.6 Å². The molecule has 9 nitrogen and oxygen atoms in total. The highest BCUT2D eigenvalue weighted by Gasteiger charge is 2.43. The van der Waals surface area contributed by atoms with E-state index < -0.39 is 42.0 Å². The molecule has 1 heterocycles. The van der Waals surface area contributed by atoms with Crippen LogP contribution >= 0.6 is 23.2 Å². The number of hydrogen-bond acceptors (Lipinski definition) is 6. The number of nitrogens with one attached hydrogen (secondary N) is 2. The number of nitrogens with zero attached hydrogens (tertiary/aromatic N) is 1. The van der Waals surface area contributed by atoms with Crippen molar-refractivity contribution in [2.45, 2.75) is 50.6 Å². The second-order valence-electron chi connectivity index (χ2n) is 9.99. The Morgan fingerprint density at radius 2 is 1.73 bits per heavy atom. The molecule has 11 heteroatoms. The average Bonchev–Trinajstić information content (AvgIpc) is 3.36. The van der Waals surface area contributed by atoms with Crippen LogP contribution in [-0.2, 0) is 22.6 Å². The van der Waals surface area contributed by atoms with Gasteiger partial charge in [-0.3, -0.25) is 14.4 Å². The third-order valence-corrected chi connectivity index (χ3v) is 8.01. The van der Waals surface area contributed by atoms with Crippen LogP contribution in [0.4, 0.5) is 0 Å². The van der Waals surface area contributed by atoms with Crippen molar-refractivity contribution in [2.24, 2.45) is 0 Å². The average molecular weight is 600 g/mol. The lowest BCUT2D eigenvalue weighted by Gasteiger charge is -2.30. The molecule has 3 aromatic carbocycles. The molecule has 4 rings (SSSR count). The third kappa shape index (κ3) is 7.18. The fraction of sp³-hybridized carbons (Fsp3) is 0.300. The molecule has 0 saturated carbocycles. The van der Waals surface area contributed by atoms with Crippen molar-refractivity contribution >= 4 is 40.9 Å². The van der Waals surface area contributed by atoms with E-state index in [2.05, 4.69) is 10.6 Å². The summed E-state index contributed by atoms with van der Waals surface area (Å²) < 4.78 is 0. The van der Waals surface area contributed by atoms with Crippen molar-refractivity contribution in [3.8, 4) is 5.75 Å². The predicted octanol–water partition coefficient (Wildman–Crippen LogP) is 2.99. The number of amides is 3. The standard InChI is InChI=1S/C30H31Cl2N3O6/c1-17-21(10-6-12-25(17)37)28(39)34-23(13-18-7-3-2-4-8-18)27(38)30(41)35-16-20(36)14-24(35)29(40)33-15-19-9-5-11-22(31)26(19)32/h2-12,20,23-24,27,36-38H,13-16H2,1H3,(H,33,40)(H,34,39)/t20-,23+,24+,27+/m1/s1. The van der Waals surface area contributed by atoms with Crippen LogP contribution in [0.15, 0.2) is 66.7 Å². The first kappa shape index (κ1) is 30.3. The zero-order valence-corrected chi connectivity index (χ0v) is 23.8. The number of hydrogen-bond donors (Lipinski definition) is 5. The zero-order chi connectivity index (χ0) is 29.7. The van der Waals surface area contributed by atoms with Crippen LogP contribution in [0.3, 0.4) is 0 Å². The molecule has 4 atom stereocenters. The first-order valence-corrected chi connectivity index (χ1v) is 13.8. The van der Waals surface area contributed by atoms with Crippen molar-refractivity contribution in [3.05, 3.63) is 99.0 Å². The Morgan fingerprint density at radius 3 is 2.46 bits per heavy atom. The van der Waals surface area contributed by atoms with Gasteiger partial charge in [-0.1, -0.05) is 71.7 Å². The number of carbonyl (C=O) groups is 3. The van der Waals surface area contributed by atoms with Crippen molar-refractivity contribution in [1.82, 2.24) is 15.5 Å². The number of carbonyl (C=O) groups excluding carboxylic acids is 3. The highest BCUT2D eigenvalue weighted by atomic mass is 35.5. The fourth-order valence-electron chi connectivity index (χ4n) is 4.86. The molecule has 3 amide bonds. The Hall–Kier alpha value is -3.63. The number of rotatable bonds is 9. The van der Waals surface area contributed by atoms with E-state index in [1.54, 1.807) is 49.4 Å². The lowest BCUT2D eigenvalue weighted by atomic mass is 9.98. The van der Waals surface area contributed by atoms with Crippen LogP contribution in [0.2, 0.25) is 10.0 Å². The van der Waals surface area contributed by atoms with Crippen LogP contribution in [0, 0.1) is 6.92 Å². The SMILES string of the molecule is Cc1c(O)cccc1C(=O)N[C@@H](Cc1ccccc1)[C@H](O)C(=O)N1C[C@H](O)C[C@H]1C(=O)NCc1cccc(Cl)c1Cl. The normalized spacial score (nSPS) is 18.0. The Balaban J connectivity index is 1.53. The summed E-state index contributed by atoms with van der Waals surface area (Å²) in [7, 11) is 0. The summed E-state index contributed by atoms with van der Waals surface area (Å²) in [6.45, 7) is 1.47. The van der Waals surface area contributed by atoms with Crippen molar-refractivity contribution in [1.29, 1.82) is 0 Å². The number of likely N-dealkylation sites (tertiary alicyclic amines) is 1. The first-order valence-electron chi connectivity index (χ1n) is 13.1. The van der Waals surface area contributed by atoms with E-state index in [9.17, 15) is 29.7 Å². The van der Waals surface area contributed by atoms with Crippen molar-refractivity contribution in [3.63, 3.8) is 0 Å². The van der Waals surface area contributed by atoms with Gasteiger partial charge in [0.15, 0.2) is 6.10 Å². The molecule has 1 saturated heterocycles. The van der Waals surface area contributed by atoms with E-state index in [1.165, 1.54) is 18.2 Å². The van der Waals surface area contributed by atoms with E-state index in [0.29, 0.717) is 21.2 Å².